The zero-order chi connectivity index (χ0) is 29.2. The van der Waals surface area contributed by atoms with E-state index in [2.05, 4.69) is 10.6 Å². The molecule has 10 nitrogen and oxygen atoms in total. The third kappa shape index (κ3) is 8.49. The zero-order valence-corrected chi connectivity index (χ0v) is 22.7. The summed E-state index contributed by atoms with van der Waals surface area (Å²) in [5.41, 5.74) is 2.51. The van der Waals surface area contributed by atoms with Crippen molar-refractivity contribution in [3.8, 4) is 22.6 Å². The van der Waals surface area contributed by atoms with Crippen LogP contribution in [-0.4, -0.2) is 33.0 Å². The SMILES string of the molecule is N=C(NC(=O)Oc1ccccc1)c1cccc(CCCNC(=O)Oc2ccc(-c3ccccc3S(N)(=O)=O)cc2)c1. The van der Waals surface area contributed by atoms with Crippen molar-refractivity contribution in [2.45, 2.75) is 17.7 Å². The number of primary sulfonamides is 1. The highest BCUT2D eigenvalue weighted by atomic mass is 32.2. The molecule has 0 saturated heterocycles. The highest BCUT2D eigenvalue weighted by Crippen LogP contribution is 2.28. The maximum absolute atomic E-state index is 12.2. The lowest BCUT2D eigenvalue weighted by Gasteiger charge is -2.10. The van der Waals surface area contributed by atoms with Gasteiger partial charge < -0.3 is 14.8 Å². The first-order valence-electron chi connectivity index (χ1n) is 12.6. The molecule has 0 heterocycles. The van der Waals surface area contributed by atoms with Crippen LogP contribution in [0.2, 0.25) is 0 Å². The average Bonchev–Trinajstić information content (AvgIpc) is 2.96. The summed E-state index contributed by atoms with van der Waals surface area (Å²) in [7, 11) is -3.89. The number of hydrogen-bond acceptors (Lipinski definition) is 7. The lowest BCUT2D eigenvalue weighted by molar-refractivity contribution is 0.200. The Kier molecular flexibility index (Phi) is 9.46. The average molecular weight is 573 g/mol. The number of hydrogen-bond donors (Lipinski definition) is 4. The largest absolute Gasteiger partial charge is 0.418 e. The van der Waals surface area contributed by atoms with E-state index < -0.39 is 22.2 Å². The van der Waals surface area contributed by atoms with E-state index in [1.807, 2.05) is 6.07 Å². The van der Waals surface area contributed by atoms with E-state index in [-0.39, 0.29) is 10.7 Å². The van der Waals surface area contributed by atoms with Crippen LogP contribution in [0.4, 0.5) is 9.59 Å². The van der Waals surface area contributed by atoms with Crippen molar-refractivity contribution in [1.29, 1.82) is 5.41 Å². The van der Waals surface area contributed by atoms with E-state index >= 15 is 0 Å². The van der Waals surface area contributed by atoms with Gasteiger partial charge in [0.05, 0.1) is 4.90 Å². The smallest absolute Gasteiger partial charge is 0.410 e. The monoisotopic (exact) mass is 572 g/mol. The van der Waals surface area contributed by atoms with Gasteiger partial charge in [0.2, 0.25) is 10.0 Å². The molecule has 0 spiro atoms. The summed E-state index contributed by atoms with van der Waals surface area (Å²) in [5, 5.41) is 18.6. The van der Waals surface area contributed by atoms with Crippen molar-refractivity contribution in [3.63, 3.8) is 0 Å². The van der Waals surface area contributed by atoms with E-state index in [0.29, 0.717) is 47.6 Å². The first-order valence-corrected chi connectivity index (χ1v) is 14.1. The fourth-order valence-corrected chi connectivity index (χ4v) is 4.72. The number of para-hydroxylation sites is 1. The third-order valence-corrected chi connectivity index (χ3v) is 6.85. The maximum atomic E-state index is 12.2. The van der Waals surface area contributed by atoms with Crippen LogP contribution in [0.3, 0.4) is 0 Å². The molecule has 0 aromatic heterocycles. The molecule has 0 saturated carbocycles. The van der Waals surface area contributed by atoms with Crippen LogP contribution in [-0.2, 0) is 16.4 Å². The molecule has 4 rings (SSSR count). The molecule has 5 N–H and O–H groups in total. The second-order valence-electron chi connectivity index (χ2n) is 8.89. The topological polar surface area (TPSA) is 161 Å². The van der Waals surface area contributed by atoms with E-state index in [4.69, 9.17) is 20.0 Å². The van der Waals surface area contributed by atoms with E-state index in [1.165, 1.54) is 6.07 Å². The van der Waals surface area contributed by atoms with Gasteiger partial charge in [-0.25, -0.2) is 23.1 Å². The number of nitrogens with one attached hydrogen (secondary N) is 3. The van der Waals surface area contributed by atoms with Gasteiger partial charge in [0, 0.05) is 17.7 Å². The number of carbonyl (C=O) groups is 2. The van der Waals surface area contributed by atoms with Crippen LogP contribution in [0.5, 0.6) is 11.5 Å². The summed E-state index contributed by atoms with van der Waals surface area (Å²) < 4.78 is 34.2. The molecule has 210 valence electrons. The van der Waals surface area contributed by atoms with Crippen LogP contribution in [0, 0.1) is 5.41 Å². The summed E-state index contributed by atoms with van der Waals surface area (Å²) >= 11 is 0. The lowest BCUT2D eigenvalue weighted by atomic mass is 10.1. The molecule has 4 aromatic rings. The number of amides is 2. The van der Waals surface area contributed by atoms with Crippen LogP contribution < -0.4 is 25.2 Å². The quantitative estimate of drug-likeness (QED) is 0.128. The molecule has 0 unspecified atom stereocenters. The minimum absolute atomic E-state index is 0.00983. The molecule has 0 radical (unpaired) electrons. The van der Waals surface area contributed by atoms with Crippen LogP contribution in [0.15, 0.2) is 108 Å². The number of rotatable bonds is 9. The molecule has 0 atom stereocenters. The zero-order valence-electron chi connectivity index (χ0n) is 21.9. The number of nitrogens with two attached hydrogens (primary N) is 1. The van der Waals surface area contributed by atoms with Gasteiger partial charge in [-0.05, 0) is 60.4 Å². The van der Waals surface area contributed by atoms with Gasteiger partial charge in [-0.15, -0.1) is 0 Å². The van der Waals surface area contributed by atoms with Gasteiger partial charge in [0.25, 0.3) is 0 Å². The van der Waals surface area contributed by atoms with Crippen molar-refractivity contribution in [2.24, 2.45) is 5.14 Å². The minimum Gasteiger partial charge on any atom is -0.410 e. The lowest BCUT2D eigenvalue weighted by Crippen LogP contribution is -2.33. The van der Waals surface area contributed by atoms with Crippen molar-refractivity contribution < 1.29 is 27.5 Å². The third-order valence-electron chi connectivity index (χ3n) is 5.88. The van der Waals surface area contributed by atoms with Gasteiger partial charge in [-0.2, -0.15) is 0 Å². The van der Waals surface area contributed by atoms with Crippen molar-refractivity contribution in [2.75, 3.05) is 6.54 Å². The van der Waals surface area contributed by atoms with Crippen LogP contribution >= 0.6 is 0 Å². The molecule has 0 fully saturated rings. The summed E-state index contributed by atoms with van der Waals surface area (Å²) in [6, 6.07) is 28.6. The van der Waals surface area contributed by atoms with E-state index in [9.17, 15) is 18.0 Å². The molecule has 11 heteroatoms. The number of carbonyl (C=O) groups excluding carboxylic acids is 2. The maximum Gasteiger partial charge on any atom is 0.418 e. The van der Waals surface area contributed by atoms with Crippen molar-refractivity contribution >= 4 is 28.0 Å². The Morgan fingerprint density at radius 2 is 1.44 bits per heavy atom. The molecule has 2 amide bonds. The molecule has 0 aliphatic rings. The van der Waals surface area contributed by atoms with Gasteiger partial charge in [-0.1, -0.05) is 66.7 Å². The number of sulfonamides is 1. The second kappa shape index (κ2) is 13.4. The summed E-state index contributed by atoms with van der Waals surface area (Å²) in [4.78, 5) is 24.3. The number of ether oxygens (including phenoxy) is 2. The highest BCUT2D eigenvalue weighted by molar-refractivity contribution is 7.89. The van der Waals surface area contributed by atoms with Crippen molar-refractivity contribution in [3.05, 3.63) is 114 Å². The molecular formula is C30H28N4O6S. The highest BCUT2D eigenvalue weighted by Gasteiger charge is 2.15. The fourth-order valence-electron chi connectivity index (χ4n) is 3.96. The Morgan fingerprint density at radius 1 is 0.780 bits per heavy atom. The Balaban J connectivity index is 1.23. The fraction of sp³-hybridized carbons (Fsp3) is 0.100. The van der Waals surface area contributed by atoms with Gasteiger partial charge in [0.1, 0.15) is 17.3 Å². The summed E-state index contributed by atoms with van der Waals surface area (Å²) in [5.74, 6) is 0.581. The Bertz CT molecular complexity index is 1640. The Morgan fingerprint density at radius 3 is 2.17 bits per heavy atom. The van der Waals surface area contributed by atoms with Crippen LogP contribution in [0.25, 0.3) is 11.1 Å². The van der Waals surface area contributed by atoms with Gasteiger partial charge in [-0.3, -0.25) is 10.7 Å². The first kappa shape index (κ1) is 29.0. The van der Waals surface area contributed by atoms with E-state index in [0.717, 1.165) is 5.56 Å². The predicted octanol–water partition coefficient (Wildman–Crippen LogP) is 4.84. The van der Waals surface area contributed by atoms with Gasteiger partial charge in [0.15, 0.2) is 0 Å². The number of aryl methyl sites for hydroxylation is 1. The normalized spacial score (nSPS) is 10.9. The molecule has 0 aliphatic heterocycles. The second-order valence-corrected chi connectivity index (χ2v) is 10.4. The minimum atomic E-state index is -3.89. The molecule has 4 aromatic carbocycles. The first-order chi connectivity index (χ1) is 19.7. The number of benzene rings is 4. The molecule has 41 heavy (non-hydrogen) atoms. The predicted molar refractivity (Wildman–Crippen MR) is 154 cm³/mol. The van der Waals surface area contributed by atoms with E-state index in [1.54, 1.807) is 91.0 Å². The Labute approximate surface area is 237 Å². The van der Waals surface area contributed by atoms with Crippen molar-refractivity contribution in [1.82, 2.24) is 10.6 Å². The molecular weight excluding hydrogens is 544 g/mol. The standard InChI is InChI=1S/C30H28N4O6S/c31-28(34-30(36)40-24-11-2-1-3-12-24)23-10-6-8-21(20-23)9-7-19-33-29(35)39-25-17-15-22(16-18-25)26-13-4-5-14-27(26)41(32,37)38/h1-6,8,10-18,20H,7,9,19H2,(H,33,35)(H2,31,34,36)(H2,32,37,38). The number of amidine groups is 1. The summed E-state index contributed by atoms with van der Waals surface area (Å²) in [6.45, 7) is 0.349. The molecule has 0 aliphatic carbocycles. The molecule has 0 bridgehead atoms. The van der Waals surface area contributed by atoms with Crippen LogP contribution in [0.1, 0.15) is 17.5 Å². The Hall–Kier alpha value is -5.00. The van der Waals surface area contributed by atoms with Gasteiger partial charge >= 0.3 is 12.2 Å². The summed E-state index contributed by atoms with van der Waals surface area (Å²) in [6.07, 6.45) is -0.149.